The summed E-state index contributed by atoms with van der Waals surface area (Å²) in [5, 5.41) is 3.60. The third-order valence-corrected chi connectivity index (χ3v) is 5.97. The highest BCUT2D eigenvalue weighted by atomic mass is 32.2. The van der Waals surface area contributed by atoms with Crippen LogP contribution in [0.4, 0.5) is 0 Å². The maximum absolute atomic E-state index is 12.3. The summed E-state index contributed by atoms with van der Waals surface area (Å²) in [6.45, 7) is 4.34. The smallest absolute Gasteiger partial charge is 0.326 e. The Morgan fingerprint density at radius 2 is 2.38 bits per heavy atom. The Morgan fingerprint density at radius 3 is 3.00 bits per heavy atom. The molecule has 0 saturated heterocycles. The molecule has 1 aromatic rings. The molecule has 1 aliphatic rings. The van der Waals surface area contributed by atoms with Crippen LogP contribution in [0.3, 0.4) is 0 Å². The third kappa shape index (κ3) is 3.96. The van der Waals surface area contributed by atoms with Crippen molar-refractivity contribution < 1.29 is 9.53 Å². The molecule has 1 N–H and O–H groups in total. The molecule has 7 heteroatoms. The number of carbonyl (C=O) groups excluding carboxylic acids is 1. The molecule has 0 radical (unpaired) electrons. The molecule has 2 atom stereocenters. The fraction of sp³-hybridized carbons (Fsp3) is 0.786. The van der Waals surface area contributed by atoms with Gasteiger partial charge in [-0.25, -0.2) is 4.98 Å². The lowest BCUT2D eigenvalue weighted by Crippen LogP contribution is -2.54. The maximum Gasteiger partial charge on any atom is 0.326 e. The molecule has 2 unspecified atom stereocenters. The number of rotatable bonds is 6. The Morgan fingerprint density at radius 1 is 1.57 bits per heavy atom. The molecule has 1 aromatic heterocycles. The van der Waals surface area contributed by atoms with Crippen LogP contribution in [0, 0.1) is 0 Å². The summed E-state index contributed by atoms with van der Waals surface area (Å²) in [4.78, 5) is 16.8. The molecular weight excluding hydrogens is 306 g/mol. The molecule has 0 spiro atoms. The second-order valence-electron chi connectivity index (χ2n) is 5.22. The van der Waals surface area contributed by atoms with Crippen molar-refractivity contribution in [2.24, 2.45) is 0 Å². The standard InChI is InChI=1S/C14H23N3O2S2/c1-4-11-16-13(21-17-11)20-10-7-6-8-14(9-10,15-3)12(18)19-5-2/h10,15H,4-9H2,1-3H3. The van der Waals surface area contributed by atoms with Crippen molar-refractivity contribution in [2.75, 3.05) is 13.7 Å². The summed E-state index contributed by atoms with van der Waals surface area (Å²) in [7, 11) is 1.85. The maximum atomic E-state index is 12.3. The van der Waals surface area contributed by atoms with E-state index in [0.29, 0.717) is 11.9 Å². The van der Waals surface area contributed by atoms with E-state index in [9.17, 15) is 4.79 Å². The van der Waals surface area contributed by atoms with Gasteiger partial charge in [0.2, 0.25) is 0 Å². The second-order valence-corrected chi connectivity index (χ2v) is 7.52. The summed E-state index contributed by atoms with van der Waals surface area (Å²) < 4.78 is 10.6. The van der Waals surface area contributed by atoms with Crippen LogP contribution in [0.25, 0.3) is 0 Å². The van der Waals surface area contributed by atoms with Gasteiger partial charge in [0.15, 0.2) is 4.34 Å². The van der Waals surface area contributed by atoms with Gasteiger partial charge in [-0.3, -0.25) is 4.79 Å². The van der Waals surface area contributed by atoms with E-state index in [4.69, 9.17) is 4.74 Å². The molecule has 5 nitrogen and oxygen atoms in total. The number of nitrogens with zero attached hydrogens (tertiary/aromatic N) is 2. The van der Waals surface area contributed by atoms with Crippen molar-refractivity contribution >= 4 is 29.3 Å². The number of hydrogen-bond donors (Lipinski definition) is 1. The fourth-order valence-electron chi connectivity index (χ4n) is 2.68. The molecule has 1 fully saturated rings. The van der Waals surface area contributed by atoms with Crippen LogP contribution >= 0.6 is 23.3 Å². The molecule has 1 heterocycles. The van der Waals surface area contributed by atoms with Crippen LogP contribution in [0.15, 0.2) is 4.34 Å². The van der Waals surface area contributed by atoms with E-state index in [2.05, 4.69) is 21.6 Å². The minimum Gasteiger partial charge on any atom is -0.465 e. The summed E-state index contributed by atoms with van der Waals surface area (Å²) in [6, 6.07) is 0. The quantitative estimate of drug-likeness (QED) is 0.810. The Bertz CT molecular complexity index is 481. The van der Waals surface area contributed by atoms with Gasteiger partial charge in [0.05, 0.1) is 6.61 Å². The zero-order valence-electron chi connectivity index (χ0n) is 12.8. The molecule has 118 valence electrons. The predicted octanol–water partition coefficient (Wildman–Crippen LogP) is 2.66. The van der Waals surface area contributed by atoms with Gasteiger partial charge in [-0.2, -0.15) is 4.37 Å². The average Bonchev–Trinajstić information content (AvgIpc) is 2.95. The summed E-state index contributed by atoms with van der Waals surface area (Å²) in [5.41, 5.74) is -0.537. The zero-order chi connectivity index (χ0) is 15.3. The number of carbonyl (C=O) groups is 1. The van der Waals surface area contributed by atoms with Gasteiger partial charge in [0, 0.05) is 11.7 Å². The highest BCUT2D eigenvalue weighted by Crippen LogP contribution is 2.39. The SMILES string of the molecule is CCOC(=O)C1(NC)CCCC(Sc2nc(CC)ns2)C1. The Labute approximate surface area is 134 Å². The lowest BCUT2D eigenvalue weighted by molar-refractivity contribution is -0.152. The molecule has 0 bridgehead atoms. The number of ether oxygens (including phenoxy) is 1. The lowest BCUT2D eigenvalue weighted by atomic mass is 9.81. The number of likely N-dealkylation sites (N-methyl/N-ethyl adjacent to an activating group) is 1. The first-order valence-electron chi connectivity index (χ1n) is 7.49. The van der Waals surface area contributed by atoms with E-state index >= 15 is 0 Å². The molecule has 0 aromatic carbocycles. The van der Waals surface area contributed by atoms with Gasteiger partial charge in [0.1, 0.15) is 11.4 Å². The van der Waals surface area contributed by atoms with Gasteiger partial charge in [0.25, 0.3) is 0 Å². The first kappa shape index (κ1) is 16.7. The number of hydrogen-bond acceptors (Lipinski definition) is 7. The third-order valence-electron chi connectivity index (χ3n) is 3.88. The molecule has 1 aliphatic carbocycles. The second kappa shape index (κ2) is 7.56. The van der Waals surface area contributed by atoms with Crippen molar-refractivity contribution in [1.82, 2.24) is 14.7 Å². The van der Waals surface area contributed by atoms with Crippen molar-refractivity contribution in [3.63, 3.8) is 0 Å². The van der Waals surface area contributed by atoms with E-state index in [0.717, 1.165) is 42.3 Å². The highest BCUT2D eigenvalue weighted by molar-refractivity contribution is 8.01. The fourth-order valence-corrected chi connectivity index (χ4v) is 4.97. The monoisotopic (exact) mass is 329 g/mol. The van der Waals surface area contributed by atoms with Gasteiger partial charge < -0.3 is 10.1 Å². The van der Waals surface area contributed by atoms with Crippen LogP contribution in [0.2, 0.25) is 0 Å². The Kier molecular flexibility index (Phi) is 6.01. The molecular formula is C14H23N3O2S2. The van der Waals surface area contributed by atoms with E-state index < -0.39 is 5.54 Å². The first-order chi connectivity index (χ1) is 10.1. The van der Waals surface area contributed by atoms with E-state index in [-0.39, 0.29) is 5.97 Å². The van der Waals surface area contributed by atoms with E-state index in [1.165, 1.54) is 11.5 Å². The van der Waals surface area contributed by atoms with Crippen molar-refractivity contribution in [3.05, 3.63) is 5.82 Å². The molecule has 0 aliphatic heterocycles. The van der Waals surface area contributed by atoms with Gasteiger partial charge in [-0.15, -0.1) is 0 Å². The minimum absolute atomic E-state index is 0.121. The number of thioether (sulfide) groups is 1. The number of aromatic nitrogens is 2. The van der Waals surface area contributed by atoms with Gasteiger partial charge >= 0.3 is 5.97 Å². The van der Waals surface area contributed by atoms with E-state index in [1.807, 2.05) is 14.0 Å². The topological polar surface area (TPSA) is 64.1 Å². The van der Waals surface area contributed by atoms with Crippen LogP contribution in [-0.2, 0) is 16.0 Å². The molecule has 21 heavy (non-hydrogen) atoms. The van der Waals surface area contributed by atoms with Crippen LogP contribution < -0.4 is 5.32 Å². The van der Waals surface area contributed by atoms with Crippen LogP contribution in [-0.4, -0.2) is 39.8 Å². The number of aryl methyl sites for hydroxylation is 1. The highest BCUT2D eigenvalue weighted by Gasteiger charge is 2.43. The normalized spacial score (nSPS) is 25.8. The number of nitrogens with one attached hydrogen (secondary N) is 1. The summed E-state index contributed by atoms with van der Waals surface area (Å²) >= 11 is 3.21. The predicted molar refractivity (Wildman–Crippen MR) is 85.8 cm³/mol. The summed E-state index contributed by atoms with van der Waals surface area (Å²) in [5.74, 6) is 0.785. The van der Waals surface area contributed by atoms with Crippen LogP contribution in [0.1, 0.15) is 45.4 Å². The summed E-state index contributed by atoms with van der Waals surface area (Å²) in [6.07, 6.45) is 4.63. The number of esters is 1. The zero-order valence-corrected chi connectivity index (χ0v) is 14.5. The Balaban J connectivity index is 2.03. The Hall–Kier alpha value is -0.660. The minimum atomic E-state index is -0.537. The van der Waals surface area contributed by atoms with Crippen molar-refractivity contribution in [2.45, 2.75) is 61.1 Å². The lowest BCUT2D eigenvalue weighted by Gasteiger charge is -2.38. The van der Waals surface area contributed by atoms with Crippen molar-refractivity contribution in [1.29, 1.82) is 0 Å². The van der Waals surface area contributed by atoms with Gasteiger partial charge in [-0.05, 0) is 51.2 Å². The largest absolute Gasteiger partial charge is 0.465 e. The average molecular weight is 329 g/mol. The molecule has 0 amide bonds. The molecule has 1 saturated carbocycles. The van der Waals surface area contributed by atoms with Crippen molar-refractivity contribution in [3.8, 4) is 0 Å². The first-order valence-corrected chi connectivity index (χ1v) is 9.14. The van der Waals surface area contributed by atoms with Gasteiger partial charge in [-0.1, -0.05) is 18.7 Å². The van der Waals surface area contributed by atoms with Crippen LogP contribution in [0.5, 0.6) is 0 Å². The molecule has 2 rings (SSSR count). The van der Waals surface area contributed by atoms with E-state index in [1.54, 1.807) is 11.8 Å².